The molecule has 0 aliphatic carbocycles. The highest BCUT2D eigenvalue weighted by Gasteiger charge is 2.50. The van der Waals surface area contributed by atoms with E-state index in [1.54, 1.807) is 6.07 Å². The molecule has 11 heteroatoms. The van der Waals surface area contributed by atoms with Crippen molar-refractivity contribution in [3.63, 3.8) is 0 Å². The lowest BCUT2D eigenvalue weighted by Crippen LogP contribution is -2.49. The highest BCUT2D eigenvalue weighted by Crippen LogP contribution is 2.55. The molecule has 0 radical (unpaired) electrons. The van der Waals surface area contributed by atoms with Crippen molar-refractivity contribution in [3.05, 3.63) is 77.0 Å². The van der Waals surface area contributed by atoms with E-state index in [1.165, 1.54) is 29.1 Å². The molecular weight excluding hydrogens is 597 g/mol. The molecule has 0 saturated carbocycles. The molecule has 0 saturated heterocycles. The predicted molar refractivity (Wildman–Crippen MR) is 168 cm³/mol. The number of imidazole rings is 1. The summed E-state index contributed by atoms with van der Waals surface area (Å²) in [5, 5.41) is 9.12. The van der Waals surface area contributed by atoms with Crippen LogP contribution in [0.2, 0.25) is 0 Å². The Hall–Kier alpha value is -3.54. The number of carboxylic acids is 1. The number of aliphatic carboxylic acids is 1. The number of fused-ring (bicyclic) bond motifs is 9. The van der Waals surface area contributed by atoms with E-state index in [4.69, 9.17) is 9.84 Å². The molecule has 3 atom stereocenters. The minimum absolute atomic E-state index is 0.0630. The Morgan fingerprint density at radius 1 is 1.11 bits per heavy atom. The third kappa shape index (κ3) is 5.28. The van der Waals surface area contributed by atoms with Crippen LogP contribution < -0.4 is 9.47 Å². The maximum atomic E-state index is 14.6. The van der Waals surface area contributed by atoms with Gasteiger partial charge in [0, 0.05) is 54.2 Å². The van der Waals surface area contributed by atoms with Crippen LogP contribution in [0.25, 0.3) is 16.6 Å². The smallest absolute Gasteiger partial charge is 0.303 e. The van der Waals surface area contributed by atoms with E-state index in [2.05, 4.69) is 46.7 Å². The summed E-state index contributed by atoms with van der Waals surface area (Å²) in [7, 11) is -4.14. The number of hydrogen-bond donors (Lipinski definition) is 2. The second-order valence-corrected chi connectivity index (χ2v) is 14.5. The van der Waals surface area contributed by atoms with E-state index in [0.717, 1.165) is 61.1 Å². The van der Waals surface area contributed by atoms with Crippen LogP contribution in [0.4, 0.5) is 10.1 Å². The first-order chi connectivity index (χ1) is 21.5. The van der Waals surface area contributed by atoms with Crippen LogP contribution >= 0.6 is 0 Å². The van der Waals surface area contributed by atoms with E-state index in [9.17, 15) is 22.2 Å². The van der Waals surface area contributed by atoms with Gasteiger partial charge in [-0.05, 0) is 56.0 Å². The molecule has 0 fully saturated rings. The molecule has 238 valence electrons. The lowest BCUT2D eigenvalue weighted by molar-refractivity contribution is -0.679. The van der Waals surface area contributed by atoms with Crippen molar-refractivity contribution in [2.24, 2.45) is 0 Å². The first-order valence-electron chi connectivity index (χ1n) is 15.9. The number of para-hydroxylation sites is 1. The molecule has 45 heavy (non-hydrogen) atoms. The second-order valence-electron chi connectivity index (χ2n) is 12.9. The minimum atomic E-state index is -4.14. The van der Waals surface area contributed by atoms with Gasteiger partial charge in [0.2, 0.25) is 0 Å². The zero-order chi connectivity index (χ0) is 31.5. The molecule has 4 aliphatic rings. The van der Waals surface area contributed by atoms with Gasteiger partial charge in [-0.1, -0.05) is 31.0 Å². The molecule has 2 aromatic carbocycles. The standard InChI is InChI=1S/C34H38FN3O6S/c1-34(15-6-2-3-10-31(39)40)25-8-4-5-9-26(25)36-17-13-29-23(32(34)36)21-24-30(44-29)14-18-38-27-12-11-22(35)20-28(27)37(33(24)38)16-7-19-45(41,42)43/h4-5,8-9,11-12,20-21,29-30H,2-3,6-7,10,13-19H2,1H3,(H-,39,40,41,42,43)/p+1. The molecule has 3 unspecified atom stereocenters. The molecule has 7 rings (SSSR count). The van der Waals surface area contributed by atoms with Gasteiger partial charge in [0.15, 0.2) is 11.0 Å². The molecule has 9 nitrogen and oxygen atoms in total. The Morgan fingerprint density at radius 3 is 2.73 bits per heavy atom. The van der Waals surface area contributed by atoms with Crippen molar-refractivity contribution in [1.29, 1.82) is 0 Å². The number of halogens is 1. The summed E-state index contributed by atoms with van der Waals surface area (Å²) in [6.45, 7) is 4.14. The van der Waals surface area contributed by atoms with Crippen LogP contribution in [0.1, 0.15) is 69.7 Å². The zero-order valence-electron chi connectivity index (χ0n) is 25.4. The van der Waals surface area contributed by atoms with Gasteiger partial charge in [-0.25, -0.2) is 13.5 Å². The number of aromatic nitrogens is 2. The summed E-state index contributed by atoms with van der Waals surface area (Å²) in [6, 6.07) is 13.3. The number of ether oxygens (including phenoxy) is 1. The van der Waals surface area contributed by atoms with E-state index >= 15 is 0 Å². The van der Waals surface area contributed by atoms with Crippen molar-refractivity contribution in [2.45, 2.75) is 89.0 Å². The third-order valence-corrected chi connectivity index (χ3v) is 10.9. The Balaban J connectivity index is 1.35. The molecule has 3 aromatic rings. The van der Waals surface area contributed by atoms with E-state index in [0.29, 0.717) is 25.0 Å². The Bertz CT molecular complexity index is 1860. The fraction of sp³-hybridized carbons (Fsp3) is 0.471. The van der Waals surface area contributed by atoms with Crippen LogP contribution in [-0.4, -0.2) is 53.1 Å². The van der Waals surface area contributed by atoms with Crippen molar-refractivity contribution in [1.82, 2.24) is 4.57 Å². The maximum absolute atomic E-state index is 14.6. The average Bonchev–Trinajstić information content (AvgIpc) is 3.44. The molecule has 2 N–H and O–H groups in total. The summed E-state index contributed by atoms with van der Waals surface area (Å²) >= 11 is 0. The lowest BCUT2D eigenvalue weighted by Gasteiger charge is -2.42. The molecule has 0 spiro atoms. The fourth-order valence-corrected chi connectivity index (χ4v) is 8.66. The van der Waals surface area contributed by atoms with Gasteiger partial charge in [-0.2, -0.15) is 8.42 Å². The summed E-state index contributed by atoms with van der Waals surface area (Å²) in [5.74, 6) is -0.621. The monoisotopic (exact) mass is 636 g/mol. The Morgan fingerprint density at radius 2 is 1.93 bits per heavy atom. The van der Waals surface area contributed by atoms with Gasteiger partial charge in [-0.15, -0.1) is 0 Å². The Kier molecular flexibility index (Phi) is 7.61. The van der Waals surface area contributed by atoms with Gasteiger partial charge in [-0.3, -0.25) is 9.35 Å². The number of carboxylic acid groups (broad SMARTS) is 1. The number of hydrogen-bond acceptors (Lipinski definition) is 5. The lowest BCUT2D eigenvalue weighted by atomic mass is 9.73. The number of allylic oxidation sites excluding steroid dienone is 1. The second kappa shape index (κ2) is 11.4. The molecular formula is C34H39FN3O6S+. The van der Waals surface area contributed by atoms with E-state index in [1.807, 2.05) is 4.57 Å². The largest absolute Gasteiger partial charge is 0.481 e. The number of carbonyl (C=O) groups is 1. The summed E-state index contributed by atoms with van der Waals surface area (Å²) < 4.78 is 58.2. The maximum Gasteiger partial charge on any atom is 0.303 e. The number of aryl methyl sites for hydroxylation is 2. The van der Waals surface area contributed by atoms with Gasteiger partial charge < -0.3 is 14.7 Å². The van der Waals surface area contributed by atoms with Crippen molar-refractivity contribution >= 4 is 38.4 Å². The van der Waals surface area contributed by atoms with Crippen LogP contribution in [0.15, 0.2) is 59.8 Å². The van der Waals surface area contributed by atoms with E-state index in [-0.39, 0.29) is 42.0 Å². The quantitative estimate of drug-likeness (QED) is 0.175. The molecule has 1 aromatic heterocycles. The number of rotatable bonds is 10. The number of anilines is 1. The van der Waals surface area contributed by atoms with Crippen LogP contribution in [0, 0.1) is 5.82 Å². The average molecular weight is 637 g/mol. The number of unbranched alkanes of at least 4 members (excludes halogenated alkanes) is 2. The predicted octanol–water partition coefficient (Wildman–Crippen LogP) is 5.37. The Labute approximate surface area is 262 Å². The van der Waals surface area contributed by atoms with Gasteiger partial charge in [0.05, 0.1) is 36.6 Å². The van der Waals surface area contributed by atoms with Crippen molar-refractivity contribution in [3.8, 4) is 0 Å². The van der Waals surface area contributed by atoms with Crippen molar-refractivity contribution in [2.75, 3.05) is 17.2 Å². The topological polar surface area (TPSA) is 113 Å². The summed E-state index contributed by atoms with van der Waals surface area (Å²) in [5.41, 5.74) is 7.16. The van der Waals surface area contributed by atoms with Gasteiger partial charge in [0.25, 0.3) is 15.9 Å². The van der Waals surface area contributed by atoms with Crippen molar-refractivity contribution < 1.29 is 36.6 Å². The van der Waals surface area contributed by atoms with Gasteiger partial charge >= 0.3 is 5.97 Å². The third-order valence-electron chi connectivity index (χ3n) is 10.1. The minimum Gasteiger partial charge on any atom is -0.481 e. The molecule has 5 heterocycles. The number of nitrogens with zero attached hydrogens (tertiary/aromatic N) is 3. The first-order valence-corrected chi connectivity index (χ1v) is 17.5. The summed E-state index contributed by atoms with van der Waals surface area (Å²) in [4.78, 5) is 13.5. The zero-order valence-corrected chi connectivity index (χ0v) is 26.2. The molecule has 0 amide bonds. The normalized spacial score (nSPS) is 23.7. The van der Waals surface area contributed by atoms with Gasteiger partial charge in [0.1, 0.15) is 5.82 Å². The van der Waals surface area contributed by atoms with Crippen LogP contribution in [-0.2, 0) is 38.2 Å². The van der Waals surface area contributed by atoms with Crippen LogP contribution in [0.3, 0.4) is 0 Å². The number of benzene rings is 2. The fourth-order valence-electron chi connectivity index (χ4n) is 8.16. The highest BCUT2D eigenvalue weighted by atomic mass is 32.2. The molecule has 4 aliphatic heterocycles. The first kappa shape index (κ1) is 30.1. The highest BCUT2D eigenvalue weighted by molar-refractivity contribution is 7.85. The van der Waals surface area contributed by atoms with Crippen LogP contribution in [0.5, 0.6) is 0 Å². The van der Waals surface area contributed by atoms with E-state index < -0.39 is 16.1 Å². The summed E-state index contributed by atoms with van der Waals surface area (Å²) in [6.07, 6.45) is 7.35. The SMILES string of the molecule is CC1(CCCCCC(=O)O)C2=C3C=C4c5n(CCCS(=O)(=O)O)c6cc(F)ccc6[n+]5CCC4OC3CCN2c2ccccc21. The molecule has 0 bridgehead atoms.